The number of benzene rings is 2. The van der Waals surface area contributed by atoms with Gasteiger partial charge < -0.3 is 9.80 Å². The molecule has 1 atom stereocenters. The van der Waals surface area contributed by atoms with Gasteiger partial charge in [-0.3, -0.25) is 9.59 Å². The Morgan fingerprint density at radius 3 is 2.32 bits per heavy atom. The molecular formula is C29H38N6O2. The number of H-pyrrole nitrogens is 1. The van der Waals surface area contributed by atoms with Crippen LogP contribution < -0.4 is 0 Å². The standard InChI is InChI=1S/C29H38N6O2/c1-4-5-13-26(36)35(27(21(2)3)29(37)34-18-9-6-10-19-34)20-22-14-16-23(17-15-22)24-11-7-8-12-25(24)28-30-32-33-31-28/h7-8,11-12,14-17,21,27H,4-6,9-10,13,18-20H2,1-3H3,(H,30,31,32,33). The van der Waals surface area contributed by atoms with E-state index >= 15 is 0 Å². The number of likely N-dealkylation sites (tertiary alicyclic amines) is 1. The molecule has 0 radical (unpaired) electrons. The van der Waals surface area contributed by atoms with E-state index in [2.05, 4.69) is 39.7 Å². The van der Waals surface area contributed by atoms with Crippen molar-refractivity contribution in [3.63, 3.8) is 0 Å². The Hall–Kier alpha value is -3.55. The van der Waals surface area contributed by atoms with Gasteiger partial charge in [0.1, 0.15) is 6.04 Å². The topological polar surface area (TPSA) is 95.1 Å². The molecule has 0 spiro atoms. The maximum atomic E-state index is 13.7. The number of nitrogens with one attached hydrogen (secondary N) is 1. The lowest BCUT2D eigenvalue weighted by atomic mass is 9.96. The van der Waals surface area contributed by atoms with Crippen molar-refractivity contribution < 1.29 is 9.59 Å². The van der Waals surface area contributed by atoms with Gasteiger partial charge in [0.2, 0.25) is 11.8 Å². The summed E-state index contributed by atoms with van der Waals surface area (Å²) in [7, 11) is 0. The number of hydrogen-bond acceptors (Lipinski definition) is 5. The van der Waals surface area contributed by atoms with Crippen molar-refractivity contribution in [2.75, 3.05) is 13.1 Å². The molecule has 2 aromatic carbocycles. The normalized spacial score (nSPS) is 14.5. The summed E-state index contributed by atoms with van der Waals surface area (Å²) in [4.78, 5) is 30.9. The predicted molar refractivity (Wildman–Crippen MR) is 144 cm³/mol. The first-order valence-electron chi connectivity index (χ1n) is 13.5. The second-order valence-corrected chi connectivity index (χ2v) is 10.2. The lowest BCUT2D eigenvalue weighted by Gasteiger charge is -2.38. The number of piperidine rings is 1. The number of rotatable bonds is 10. The molecule has 0 bridgehead atoms. The molecule has 0 saturated carbocycles. The Morgan fingerprint density at radius 2 is 1.70 bits per heavy atom. The Morgan fingerprint density at radius 1 is 1.00 bits per heavy atom. The smallest absolute Gasteiger partial charge is 0.245 e. The van der Waals surface area contributed by atoms with E-state index in [4.69, 9.17) is 0 Å². The van der Waals surface area contributed by atoms with Crippen LogP contribution in [0.3, 0.4) is 0 Å². The van der Waals surface area contributed by atoms with Crippen molar-refractivity contribution >= 4 is 11.8 Å². The first-order chi connectivity index (χ1) is 18.0. The highest BCUT2D eigenvalue weighted by molar-refractivity contribution is 5.88. The molecular weight excluding hydrogens is 464 g/mol. The fourth-order valence-electron chi connectivity index (χ4n) is 5.09. The third kappa shape index (κ3) is 6.42. The van der Waals surface area contributed by atoms with Gasteiger partial charge in [0.15, 0.2) is 5.82 Å². The minimum atomic E-state index is -0.457. The number of nitrogens with zero attached hydrogens (tertiary/aromatic N) is 5. The molecule has 2 heterocycles. The molecule has 4 rings (SSSR count). The van der Waals surface area contributed by atoms with Crippen molar-refractivity contribution in [1.29, 1.82) is 0 Å². The van der Waals surface area contributed by atoms with Crippen LogP contribution in [-0.2, 0) is 16.1 Å². The number of hydrogen-bond donors (Lipinski definition) is 1. The van der Waals surface area contributed by atoms with Gasteiger partial charge in [-0.15, -0.1) is 5.10 Å². The average Bonchev–Trinajstić information content (AvgIpc) is 3.47. The molecule has 1 saturated heterocycles. The zero-order valence-corrected chi connectivity index (χ0v) is 22.2. The van der Waals surface area contributed by atoms with Crippen molar-refractivity contribution in [3.8, 4) is 22.5 Å². The van der Waals surface area contributed by atoms with Crippen LogP contribution in [0.2, 0.25) is 0 Å². The monoisotopic (exact) mass is 502 g/mol. The van der Waals surface area contributed by atoms with Gasteiger partial charge in [-0.05, 0) is 58.7 Å². The van der Waals surface area contributed by atoms with Gasteiger partial charge in [0.05, 0.1) is 0 Å². The highest BCUT2D eigenvalue weighted by Gasteiger charge is 2.35. The lowest BCUT2D eigenvalue weighted by Crippen LogP contribution is -2.54. The van der Waals surface area contributed by atoms with E-state index in [9.17, 15) is 9.59 Å². The molecule has 2 amide bonds. The molecule has 1 N–H and O–H groups in total. The fourth-order valence-corrected chi connectivity index (χ4v) is 5.09. The van der Waals surface area contributed by atoms with Gasteiger partial charge in [-0.25, -0.2) is 5.10 Å². The highest BCUT2D eigenvalue weighted by atomic mass is 16.2. The van der Waals surface area contributed by atoms with E-state index in [0.717, 1.165) is 67.4 Å². The molecule has 8 heteroatoms. The summed E-state index contributed by atoms with van der Waals surface area (Å²) in [5.41, 5.74) is 3.97. The van der Waals surface area contributed by atoms with Crippen molar-refractivity contribution in [1.82, 2.24) is 30.4 Å². The third-order valence-electron chi connectivity index (χ3n) is 7.10. The molecule has 1 fully saturated rings. The van der Waals surface area contributed by atoms with Gasteiger partial charge in [-0.2, -0.15) is 0 Å². The van der Waals surface area contributed by atoms with E-state index in [1.54, 1.807) is 0 Å². The van der Waals surface area contributed by atoms with Crippen LogP contribution in [-0.4, -0.2) is 61.4 Å². The Kier molecular flexibility index (Phi) is 9.04. The first-order valence-corrected chi connectivity index (χ1v) is 13.5. The van der Waals surface area contributed by atoms with Crippen LogP contribution in [0.1, 0.15) is 64.9 Å². The largest absolute Gasteiger partial charge is 0.341 e. The molecule has 0 aliphatic carbocycles. The van der Waals surface area contributed by atoms with Crippen LogP contribution in [0.5, 0.6) is 0 Å². The molecule has 3 aromatic rings. The highest BCUT2D eigenvalue weighted by Crippen LogP contribution is 2.30. The third-order valence-corrected chi connectivity index (χ3v) is 7.10. The second-order valence-electron chi connectivity index (χ2n) is 10.2. The zero-order chi connectivity index (χ0) is 26.2. The van der Waals surface area contributed by atoms with Gasteiger partial charge in [-0.1, -0.05) is 75.7 Å². The minimum Gasteiger partial charge on any atom is -0.341 e. The number of aromatic nitrogens is 4. The van der Waals surface area contributed by atoms with E-state index < -0.39 is 6.04 Å². The molecule has 1 aliphatic rings. The predicted octanol–water partition coefficient (Wildman–Crippen LogP) is 5.09. The van der Waals surface area contributed by atoms with Gasteiger partial charge >= 0.3 is 0 Å². The van der Waals surface area contributed by atoms with E-state index in [0.29, 0.717) is 18.8 Å². The summed E-state index contributed by atoms with van der Waals surface area (Å²) in [6.07, 6.45) is 5.47. The first kappa shape index (κ1) is 26.5. The summed E-state index contributed by atoms with van der Waals surface area (Å²) in [5.74, 6) is 0.786. The summed E-state index contributed by atoms with van der Waals surface area (Å²) in [5, 5.41) is 14.3. The SMILES string of the molecule is CCCCC(=O)N(Cc1ccc(-c2ccccc2-c2nnn[nH]2)cc1)C(C(=O)N1CCCCC1)C(C)C. The minimum absolute atomic E-state index is 0.0293. The van der Waals surface area contributed by atoms with Gasteiger partial charge in [0, 0.05) is 31.6 Å². The van der Waals surface area contributed by atoms with Crippen LogP contribution in [0.25, 0.3) is 22.5 Å². The Labute approximate surface area is 219 Å². The van der Waals surface area contributed by atoms with Crippen molar-refractivity contribution in [2.24, 2.45) is 5.92 Å². The number of carbonyl (C=O) groups is 2. The maximum absolute atomic E-state index is 13.7. The van der Waals surface area contributed by atoms with Crippen LogP contribution in [0.15, 0.2) is 48.5 Å². The molecule has 8 nitrogen and oxygen atoms in total. The summed E-state index contributed by atoms with van der Waals surface area (Å²) in [6.45, 7) is 8.17. The molecule has 1 aromatic heterocycles. The molecule has 1 unspecified atom stereocenters. The average molecular weight is 503 g/mol. The molecule has 37 heavy (non-hydrogen) atoms. The second kappa shape index (κ2) is 12.6. The van der Waals surface area contributed by atoms with E-state index in [1.165, 1.54) is 0 Å². The summed E-state index contributed by atoms with van der Waals surface area (Å²) >= 11 is 0. The van der Waals surface area contributed by atoms with E-state index in [-0.39, 0.29) is 17.7 Å². The van der Waals surface area contributed by atoms with Crippen LogP contribution in [0, 0.1) is 5.92 Å². The summed E-state index contributed by atoms with van der Waals surface area (Å²) < 4.78 is 0. The van der Waals surface area contributed by atoms with Crippen LogP contribution in [0.4, 0.5) is 0 Å². The Balaban J connectivity index is 1.59. The number of aromatic amines is 1. The fraction of sp³-hybridized carbons (Fsp3) is 0.483. The van der Waals surface area contributed by atoms with Crippen LogP contribution >= 0.6 is 0 Å². The Bertz CT molecular complexity index is 1150. The maximum Gasteiger partial charge on any atom is 0.245 e. The number of carbonyl (C=O) groups excluding carboxylic acids is 2. The van der Waals surface area contributed by atoms with Gasteiger partial charge in [0.25, 0.3) is 0 Å². The van der Waals surface area contributed by atoms with Crippen molar-refractivity contribution in [2.45, 2.75) is 71.9 Å². The quantitative estimate of drug-likeness (QED) is 0.417. The van der Waals surface area contributed by atoms with E-state index in [1.807, 2.05) is 60.0 Å². The number of tetrazole rings is 1. The lowest BCUT2D eigenvalue weighted by molar-refractivity contribution is -0.149. The number of unbranched alkanes of at least 4 members (excludes halogenated alkanes) is 1. The molecule has 196 valence electrons. The molecule has 1 aliphatic heterocycles. The number of amides is 2. The zero-order valence-electron chi connectivity index (χ0n) is 22.2. The summed E-state index contributed by atoms with van der Waals surface area (Å²) in [6, 6.07) is 15.7. The van der Waals surface area contributed by atoms with Crippen molar-refractivity contribution in [3.05, 3.63) is 54.1 Å².